The second kappa shape index (κ2) is 11.2. The molecule has 3 heterocycles. The molecule has 0 fully saturated rings. The molecule has 0 saturated carbocycles. The van der Waals surface area contributed by atoms with E-state index in [1.54, 1.807) is 0 Å². The van der Waals surface area contributed by atoms with Gasteiger partial charge in [0.05, 0.1) is 23.3 Å². The number of rotatable bonds is 11. The van der Waals surface area contributed by atoms with Crippen LogP contribution in [0.15, 0.2) is 60.8 Å². The van der Waals surface area contributed by atoms with E-state index >= 15 is 0 Å². The van der Waals surface area contributed by atoms with Crippen LogP contribution in [-0.4, -0.2) is 24.9 Å². The van der Waals surface area contributed by atoms with Crippen LogP contribution in [0.4, 0.5) is 0 Å². The molecule has 0 N–H and O–H groups in total. The van der Waals surface area contributed by atoms with Crippen LogP contribution in [0.25, 0.3) is 27.7 Å². The molecule has 0 unspecified atom stereocenters. The van der Waals surface area contributed by atoms with Crippen LogP contribution < -0.4 is 4.74 Å². The van der Waals surface area contributed by atoms with Crippen molar-refractivity contribution >= 4 is 33.7 Å². The maximum Gasteiger partial charge on any atom is 0.311 e. The first-order valence-corrected chi connectivity index (χ1v) is 13.7. The Labute approximate surface area is 218 Å². The molecule has 0 bridgehead atoms. The largest absolute Gasteiger partial charge is 0.424 e. The van der Waals surface area contributed by atoms with Gasteiger partial charge in [-0.05, 0) is 37.5 Å². The van der Waals surface area contributed by atoms with E-state index in [0.717, 1.165) is 78.5 Å². The van der Waals surface area contributed by atoms with Crippen LogP contribution in [0.2, 0.25) is 0 Å². The standard InChI is InChI=1S/C31H36N4O2/c1-4-6-9-19-27-33-30-29(31-32-24-17-13-14-18-25(24)35(27)31)26(37-28(36)20-10-7-5-2)21-34(30)22(3)23-15-11-8-12-16-23/h8,11-18,21-22H,4-7,9-10,19-20H2,1-3H3/t22-/m0/s1. The molecule has 0 aliphatic rings. The summed E-state index contributed by atoms with van der Waals surface area (Å²) in [5.74, 6) is 1.32. The minimum Gasteiger partial charge on any atom is -0.424 e. The molecule has 0 aliphatic heterocycles. The number of hydrogen-bond acceptors (Lipinski definition) is 4. The number of aryl methyl sites for hydroxylation is 1. The number of carbonyl (C=O) groups excluding carboxylic acids is 1. The number of imidazole rings is 1. The van der Waals surface area contributed by atoms with Gasteiger partial charge in [-0.15, -0.1) is 0 Å². The van der Waals surface area contributed by atoms with Crippen molar-refractivity contribution in [1.29, 1.82) is 0 Å². The highest BCUT2D eigenvalue weighted by molar-refractivity contribution is 6.01. The molecule has 0 saturated heterocycles. The third kappa shape index (κ3) is 4.97. The Morgan fingerprint density at radius 3 is 2.41 bits per heavy atom. The zero-order valence-corrected chi connectivity index (χ0v) is 22.1. The van der Waals surface area contributed by atoms with E-state index in [9.17, 15) is 4.79 Å². The summed E-state index contributed by atoms with van der Waals surface area (Å²) in [6, 6.07) is 18.5. The van der Waals surface area contributed by atoms with Gasteiger partial charge in [-0.3, -0.25) is 9.20 Å². The molecule has 5 rings (SSSR count). The van der Waals surface area contributed by atoms with Crippen LogP contribution in [0.3, 0.4) is 0 Å². The monoisotopic (exact) mass is 496 g/mol. The molecule has 5 aromatic rings. The molecule has 37 heavy (non-hydrogen) atoms. The molecule has 2 aromatic carbocycles. The first kappa shape index (κ1) is 25.0. The number of para-hydroxylation sites is 2. The van der Waals surface area contributed by atoms with Crippen LogP contribution >= 0.6 is 0 Å². The zero-order valence-electron chi connectivity index (χ0n) is 22.1. The number of ether oxygens (including phenoxy) is 1. The van der Waals surface area contributed by atoms with Crippen molar-refractivity contribution in [2.75, 3.05) is 0 Å². The predicted octanol–water partition coefficient (Wildman–Crippen LogP) is 7.66. The van der Waals surface area contributed by atoms with Gasteiger partial charge in [0.1, 0.15) is 16.9 Å². The molecular weight excluding hydrogens is 460 g/mol. The van der Waals surface area contributed by atoms with E-state index < -0.39 is 0 Å². The van der Waals surface area contributed by atoms with Gasteiger partial charge in [-0.2, -0.15) is 0 Å². The van der Waals surface area contributed by atoms with Crippen LogP contribution in [0.1, 0.15) is 83.1 Å². The third-order valence-corrected chi connectivity index (χ3v) is 7.16. The molecule has 192 valence electrons. The summed E-state index contributed by atoms with van der Waals surface area (Å²) in [6.45, 7) is 6.51. The van der Waals surface area contributed by atoms with Crippen molar-refractivity contribution in [3.63, 3.8) is 0 Å². The second-order valence-electron chi connectivity index (χ2n) is 9.86. The van der Waals surface area contributed by atoms with E-state index in [1.165, 1.54) is 5.56 Å². The van der Waals surface area contributed by atoms with E-state index in [2.05, 4.69) is 60.1 Å². The maximum atomic E-state index is 12.9. The Kier molecular flexibility index (Phi) is 7.54. The number of unbranched alkanes of at least 4 members (excludes halogenated alkanes) is 4. The van der Waals surface area contributed by atoms with Gasteiger partial charge in [0.25, 0.3) is 0 Å². The Bertz CT molecular complexity index is 1520. The first-order chi connectivity index (χ1) is 18.1. The highest BCUT2D eigenvalue weighted by atomic mass is 16.5. The summed E-state index contributed by atoms with van der Waals surface area (Å²) in [5, 5.41) is 0.794. The lowest BCUT2D eigenvalue weighted by molar-refractivity contribution is -0.134. The van der Waals surface area contributed by atoms with E-state index in [0.29, 0.717) is 12.2 Å². The number of nitrogens with zero attached hydrogens (tertiary/aromatic N) is 4. The number of aromatic nitrogens is 4. The SMILES string of the molecule is CCCCCC(=O)Oc1cn([C@@H](C)c2ccccc2)c2nc(CCCCC)n3c4ccccc4nc3c12. The van der Waals surface area contributed by atoms with Gasteiger partial charge in [0.15, 0.2) is 11.4 Å². The smallest absolute Gasteiger partial charge is 0.311 e. The third-order valence-electron chi connectivity index (χ3n) is 7.16. The van der Waals surface area contributed by atoms with Crippen molar-refractivity contribution in [2.45, 2.75) is 78.2 Å². The molecule has 0 radical (unpaired) electrons. The van der Waals surface area contributed by atoms with Gasteiger partial charge >= 0.3 is 5.97 Å². The molecule has 3 aromatic heterocycles. The van der Waals surface area contributed by atoms with Gasteiger partial charge in [0, 0.05) is 12.8 Å². The molecule has 6 heteroatoms. The van der Waals surface area contributed by atoms with E-state index in [4.69, 9.17) is 14.7 Å². The molecule has 0 amide bonds. The highest BCUT2D eigenvalue weighted by Gasteiger charge is 2.24. The average molecular weight is 497 g/mol. The lowest BCUT2D eigenvalue weighted by Gasteiger charge is -2.16. The van der Waals surface area contributed by atoms with Gasteiger partial charge in [-0.25, -0.2) is 9.97 Å². The Balaban J connectivity index is 1.73. The van der Waals surface area contributed by atoms with Crippen molar-refractivity contribution < 1.29 is 9.53 Å². The fraction of sp³-hybridized carbons (Fsp3) is 0.387. The van der Waals surface area contributed by atoms with Crippen LogP contribution in [-0.2, 0) is 11.2 Å². The van der Waals surface area contributed by atoms with Gasteiger partial charge in [0.2, 0.25) is 0 Å². The number of carbonyl (C=O) groups is 1. The predicted molar refractivity (Wildman–Crippen MR) is 149 cm³/mol. The highest BCUT2D eigenvalue weighted by Crippen LogP contribution is 2.36. The minimum atomic E-state index is -0.207. The van der Waals surface area contributed by atoms with Crippen molar-refractivity contribution in [1.82, 2.24) is 18.9 Å². The lowest BCUT2D eigenvalue weighted by atomic mass is 10.1. The quantitative estimate of drug-likeness (QED) is 0.139. The Morgan fingerprint density at radius 1 is 0.892 bits per heavy atom. The van der Waals surface area contributed by atoms with Crippen molar-refractivity contribution in [2.24, 2.45) is 0 Å². The summed E-state index contributed by atoms with van der Waals surface area (Å²) in [6.07, 6.45) is 9.48. The topological polar surface area (TPSA) is 61.4 Å². The maximum absolute atomic E-state index is 12.9. The van der Waals surface area contributed by atoms with Crippen molar-refractivity contribution in [3.8, 4) is 5.75 Å². The normalized spacial score (nSPS) is 12.5. The fourth-order valence-electron chi connectivity index (χ4n) is 5.10. The van der Waals surface area contributed by atoms with E-state index in [-0.39, 0.29) is 12.0 Å². The average Bonchev–Trinajstić information content (AvgIpc) is 3.47. The lowest BCUT2D eigenvalue weighted by Crippen LogP contribution is -2.09. The van der Waals surface area contributed by atoms with Gasteiger partial charge < -0.3 is 9.30 Å². The summed E-state index contributed by atoms with van der Waals surface area (Å²) in [5.41, 5.74) is 4.72. The van der Waals surface area contributed by atoms with E-state index in [1.807, 2.05) is 30.5 Å². The summed E-state index contributed by atoms with van der Waals surface area (Å²) in [4.78, 5) is 23.1. The summed E-state index contributed by atoms with van der Waals surface area (Å²) in [7, 11) is 0. The van der Waals surface area contributed by atoms with Gasteiger partial charge in [-0.1, -0.05) is 82.0 Å². The van der Waals surface area contributed by atoms with Crippen molar-refractivity contribution in [3.05, 3.63) is 72.2 Å². The number of fused-ring (bicyclic) bond motifs is 5. The number of benzene rings is 2. The Morgan fingerprint density at radius 2 is 1.62 bits per heavy atom. The van der Waals surface area contributed by atoms with Crippen LogP contribution in [0.5, 0.6) is 5.75 Å². The number of hydrogen-bond donors (Lipinski definition) is 0. The Hall–Kier alpha value is -3.67. The molecule has 0 aliphatic carbocycles. The molecule has 0 spiro atoms. The summed E-state index contributed by atoms with van der Waals surface area (Å²) >= 11 is 0. The zero-order chi connectivity index (χ0) is 25.8. The fourth-order valence-corrected chi connectivity index (χ4v) is 5.10. The summed E-state index contributed by atoms with van der Waals surface area (Å²) < 4.78 is 10.3. The molecule has 6 nitrogen and oxygen atoms in total. The second-order valence-corrected chi connectivity index (χ2v) is 9.86. The molecule has 1 atom stereocenters. The number of esters is 1. The minimum absolute atomic E-state index is 0.0130. The molecular formula is C31H36N4O2. The first-order valence-electron chi connectivity index (χ1n) is 13.7. The van der Waals surface area contributed by atoms with Crippen LogP contribution in [0, 0.1) is 0 Å².